The van der Waals surface area contributed by atoms with Crippen LogP contribution in [-0.4, -0.2) is 17.6 Å². The van der Waals surface area contributed by atoms with Crippen LogP contribution in [0.5, 0.6) is 0 Å². The number of esters is 2. The van der Waals surface area contributed by atoms with Gasteiger partial charge >= 0.3 is 11.9 Å². The lowest BCUT2D eigenvalue weighted by Gasteiger charge is -2.11. The zero-order chi connectivity index (χ0) is 13.9. The number of carbonyl (C=O) groups excluding carboxylic acids is 2. The Kier molecular flexibility index (Phi) is 5.03. The van der Waals surface area contributed by atoms with E-state index in [0.29, 0.717) is 12.0 Å². The molecule has 18 heavy (non-hydrogen) atoms. The zero-order valence-corrected chi connectivity index (χ0v) is 12.4. The van der Waals surface area contributed by atoms with Gasteiger partial charge in [0.25, 0.3) is 0 Å². The van der Waals surface area contributed by atoms with Gasteiger partial charge in [-0.15, -0.1) is 9.24 Å². The van der Waals surface area contributed by atoms with Crippen molar-refractivity contribution < 1.29 is 14.3 Å². The third-order valence-electron chi connectivity index (χ3n) is 2.82. The van der Waals surface area contributed by atoms with E-state index in [-0.39, 0.29) is 5.66 Å². The summed E-state index contributed by atoms with van der Waals surface area (Å²) in [6.45, 7) is 7.53. The molecule has 0 saturated heterocycles. The van der Waals surface area contributed by atoms with Gasteiger partial charge in [-0.25, -0.2) is 4.79 Å². The van der Waals surface area contributed by atoms with Crippen LogP contribution in [0.25, 0.3) is 0 Å². The Labute approximate surface area is 110 Å². The van der Waals surface area contributed by atoms with Gasteiger partial charge in [-0.1, -0.05) is 24.6 Å². The van der Waals surface area contributed by atoms with Crippen molar-refractivity contribution in [2.24, 2.45) is 0 Å². The molecule has 1 rings (SSSR count). The van der Waals surface area contributed by atoms with Crippen LogP contribution in [0, 0.1) is 20.8 Å². The van der Waals surface area contributed by atoms with Crippen LogP contribution in [-0.2, 0) is 9.53 Å². The van der Waals surface area contributed by atoms with Crippen LogP contribution in [0.1, 0.15) is 40.4 Å². The van der Waals surface area contributed by atoms with Gasteiger partial charge in [0.1, 0.15) is 0 Å². The van der Waals surface area contributed by atoms with Crippen molar-refractivity contribution >= 4 is 21.2 Å². The lowest BCUT2D eigenvalue weighted by Crippen LogP contribution is -2.21. The molecule has 3 nitrogen and oxygen atoms in total. The Morgan fingerprint density at radius 3 is 2.17 bits per heavy atom. The lowest BCUT2D eigenvalue weighted by atomic mass is 10.00. The number of carbonyl (C=O) groups is 2. The molecule has 1 aromatic carbocycles. The molecule has 0 N–H and O–H groups in total. The zero-order valence-electron chi connectivity index (χ0n) is 11.2. The van der Waals surface area contributed by atoms with Crippen molar-refractivity contribution in [2.75, 3.05) is 0 Å². The molecule has 0 saturated carbocycles. The first-order valence-corrected chi connectivity index (χ1v) is 6.63. The van der Waals surface area contributed by atoms with Crippen LogP contribution >= 0.6 is 9.24 Å². The Morgan fingerprint density at radius 1 is 1.22 bits per heavy atom. The summed E-state index contributed by atoms with van der Waals surface area (Å²) >= 11 is 0. The fourth-order valence-electron chi connectivity index (χ4n) is 1.89. The highest BCUT2D eigenvalue weighted by Gasteiger charge is 2.20. The number of aryl methyl sites for hydroxylation is 3. The van der Waals surface area contributed by atoms with Crippen molar-refractivity contribution in [1.29, 1.82) is 0 Å². The predicted octanol–water partition coefficient (Wildman–Crippen LogP) is 2.95. The second-order valence-corrected chi connectivity index (χ2v) is 5.30. The smallest absolute Gasteiger partial charge is 0.346 e. The average Bonchev–Trinajstić information content (AvgIpc) is 2.26. The Hall–Kier alpha value is -1.21. The lowest BCUT2D eigenvalue weighted by molar-refractivity contribution is -0.137. The van der Waals surface area contributed by atoms with E-state index in [9.17, 15) is 9.59 Å². The van der Waals surface area contributed by atoms with Crippen molar-refractivity contribution in [3.63, 3.8) is 0 Å². The highest BCUT2D eigenvalue weighted by atomic mass is 31.0. The van der Waals surface area contributed by atoms with Gasteiger partial charge in [-0.3, -0.25) is 4.79 Å². The van der Waals surface area contributed by atoms with Crippen LogP contribution in [0.2, 0.25) is 0 Å². The van der Waals surface area contributed by atoms with E-state index in [0.717, 1.165) is 16.7 Å². The highest BCUT2D eigenvalue weighted by Crippen LogP contribution is 2.18. The van der Waals surface area contributed by atoms with E-state index in [1.54, 1.807) is 0 Å². The minimum Gasteiger partial charge on any atom is -0.389 e. The van der Waals surface area contributed by atoms with Gasteiger partial charge in [-0.05, 0) is 38.3 Å². The Morgan fingerprint density at radius 2 is 1.72 bits per heavy atom. The molecule has 0 aliphatic carbocycles. The minimum atomic E-state index is -0.559. The predicted molar refractivity (Wildman–Crippen MR) is 74.9 cm³/mol. The van der Waals surface area contributed by atoms with E-state index in [1.165, 1.54) is 0 Å². The van der Waals surface area contributed by atoms with Crippen LogP contribution in [0.15, 0.2) is 12.1 Å². The molecular formula is C14H19O3P. The summed E-state index contributed by atoms with van der Waals surface area (Å²) in [6, 6.07) is 3.82. The molecule has 4 heteroatoms. The van der Waals surface area contributed by atoms with Crippen molar-refractivity contribution in [3.8, 4) is 0 Å². The van der Waals surface area contributed by atoms with Crippen LogP contribution in [0.3, 0.4) is 0 Å². The molecule has 98 valence electrons. The molecule has 2 atom stereocenters. The number of ether oxygens (including phenoxy) is 1. The largest absolute Gasteiger partial charge is 0.389 e. The van der Waals surface area contributed by atoms with Crippen molar-refractivity contribution in [2.45, 2.75) is 39.8 Å². The SMILES string of the molecule is CCC(P)C(=O)OC(=O)c1c(C)cc(C)cc1C. The maximum absolute atomic E-state index is 12.0. The van der Waals surface area contributed by atoms with Crippen LogP contribution < -0.4 is 0 Å². The molecule has 0 bridgehead atoms. The number of rotatable bonds is 3. The van der Waals surface area contributed by atoms with Gasteiger partial charge in [0, 0.05) is 0 Å². The fraction of sp³-hybridized carbons (Fsp3) is 0.429. The minimum absolute atomic E-state index is 0.333. The van der Waals surface area contributed by atoms with Crippen molar-refractivity contribution in [3.05, 3.63) is 34.4 Å². The summed E-state index contributed by atoms with van der Waals surface area (Å²) in [6.07, 6.45) is 0.628. The summed E-state index contributed by atoms with van der Waals surface area (Å²) in [5.74, 6) is -1.05. The van der Waals surface area contributed by atoms with Gasteiger partial charge in [0.05, 0.1) is 11.2 Å². The average molecular weight is 266 g/mol. The number of hydrogen-bond acceptors (Lipinski definition) is 3. The van der Waals surface area contributed by atoms with E-state index < -0.39 is 11.9 Å². The highest BCUT2D eigenvalue weighted by molar-refractivity contribution is 7.19. The molecular weight excluding hydrogens is 247 g/mol. The Bertz CT molecular complexity index is 457. The molecule has 0 amide bonds. The van der Waals surface area contributed by atoms with Crippen LogP contribution in [0.4, 0.5) is 0 Å². The molecule has 0 fully saturated rings. The normalized spacial score (nSPS) is 12.1. The summed E-state index contributed by atoms with van der Waals surface area (Å²) in [5, 5.41) is 0. The first-order chi connectivity index (χ1) is 8.36. The Balaban J connectivity index is 2.95. The molecule has 0 aliphatic rings. The van der Waals surface area contributed by atoms with E-state index in [1.807, 2.05) is 39.8 Å². The third kappa shape index (κ3) is 3.39. The molecule has 0 aliphatic heterocycles. The first kappa shape index (κ1) is 14.8. The summed E-state index contributed by atoms with van der Waals surface area (Å²) < 4.78 is 4.89. The first-order valence-electron chi connectivity index (χ1n) is 5.96. The fourth-order valence-corrected chi connectivity index (χ4v) is 1.95. The maximum atomic E-state index is 12.0. The maximum Gasteiger partial charge on any atom is 0.346 e. The third-order valence-corrected chi connectivity index (χ3v) is 3.56. The molecule has 0 spiro atoms. The standard InChI is InChI=1S/C14H19O3P/c1-5-11(18)13(15)17-14(16)12-9(3)6-8(2)7-10(12)4/h6-7,11H,5,18H2,1-4H3. The summed E-state index contributed by atoms with van der Waals surface area (Å²) in [7, 11) is 2.38. The number of hydrogen-bond donors (Lipinski definition) is 0. The van der Waals surface area contributed by atoms with Gasteiger partial charge in [0.15, 0.2) is 0 Å². The van der Waals surface area contributed by atoms with E-state index in [2.05, 4.69) is 9.24 Å². The second-order valence-electron chi connectivity index (χ2n) is 4.50. The molecule has 1 aromatic rings. The van der Waals surface area contributed by atoms with E-state index >= 15 is 0 Å². The monoisotopic (exact) mass is 266 g/mol. The quantitative estimate of drug-likeness (QED) is 0.480. The van der Waals surface area contributed by atoms with Gasteiger partial charge < -0.3 is 4.74 Å². The molecule has 2 unspecified atom stereocenters. The van der Waals surface area contributed by atoms with Gasteiger partial charge in [0.2, 0.25) is 0 Å². The summed E-state index contributed by atoms with van der Waals surface area (Å²) in [4.78, 5) is 23.6. The summed E-state index contributed by atoms with van der Waals surface area (Å²) in [5.41, 5.74) is 2.91. The molecule has 0 radical (unpaired) electrons. The van der Waals surface area contributed by atoms with E-state index in [4.69, 9.17) is 4.74 Å². The molecule has 0 aromatic heterocycles. The topological polar surface area (TPSA) is 43.4 Å². The number of benzene rings is 1. The van der Waals surface area contributed by atoms with Crippen molar-refractivity contribution in [1.82, 2.24) is 0 Å². The molecule has 0 heterocycles. The second kappa shape index (κ2) is 6.10. The van der Waals surface area contributed by atoms with Gasteiger partial charge in [-0.2, -0.15) is 0 Å².